The van der Waals surface area contributed by atoms with Gasteiger partial charge in [-0.3, -0.25) is 19.2 Å². The van der Waals surface area contributed by atoms with Crippen molar-refractivity contribution in [3.8, 4) is 0 Å². The van der Waals surface area contributed by atoms with Crippen LogP contribution in [0.1, 0.15) is 66.8 Å². The smallest absolute Gasteiger partial charge is 0.303 e. The molecule has 5 rings (SSSR count). The van der Waals surface area contributed by atoms with Crippen LogP contribution >= 0.6 is 0 Å². The SMILES string of the molecule is CCC1C(=O)NC(=C\c2[nH]c(/C=c3\[nH]/c(=C\C4NC(=O)[C@H](C)[C@H]4[C@H]4C[SH+]4)c(C)c3CCC(=O)O)c(CCC(=O)O)c2C)/C1=C/O. The highest BCUT2D eigenvalue weighted by molar-refractivity contribution is 7.86. The highest BCUT2D eigenvalue weighted by Crippen LogP contribution is 2.35. The van der Waals surface area contributed by atoms with E-state index in [2.05, 4.69) is 20.6 Å². The Labute approximate surface area is 265 Å². The maximum atomic E-state index is 12.6. The summed E-state index contributed by atoms with van der Waals surface area (Å²) >= 11 is 1.36. The van der Waals surface area contributed by atoms with Gasteiger partial charge < -0.3 is 35.9 Å². The summed E-state index contributed by atoms with van der Waals surface area (Å²) in [7, 11) is 0. The summed E-state index contributed by atoms with van der Waals surface area (Å²) in [5.41, 5.74) is 5.60. The van der Waals surface area contributed by atoms with Crippen molar-refractivity contribution in [1.82, 2.24) is 20.6 Å². The van der Waals surface area contributed by atoms with Crippen LogP contribution in [0.5, 0.6) is 0 Å². The number of aromatic nitrogens is 2. The van der Waals surface area contributed by atoms with Gasteiger partial charge in [0.15, 0.2) is 11.0 Å². The maximum absolute atomic E-state index is 12.6. The number of carbonyl (C=O) groups is 4. The Hall–Kier alpha value is -4.19. The summed E-state index contributed by atoms with van der Waals surface area (Å²) < 4.78 is 0. The Morgan fingerprint density at radius 1 is 0.933 bits per heavy atom. The lowest BCUT2D eigenvalue weighted by Crippen LogP contribution is -2.31. The highest BCUT2D eigenvalue weighted by atomic mass is 32.2. The van der Waals surface area contributed by atoms with Crippen molar-refractivity contribution in [2.24, 2.45) is 17.8 Å². The lowest BCUT2D eigenvalue weighted by atomic mass is 9.89. The van der Waals surface area contributed by atoms with Gasteiger partial charge in [0.25, 0.3) is 0 Å². The predicted molar refractivity (Wildman–Crippen MR) is 173 cm³/mol. The number of aliphatic carboxylic acids is 2. The van der Waals surface area contributed by atoms with Crippen LogP contribution in [0.15, 0.2) is 17.5 Å². The maximum Gasteiger partial charge on any atom is 0.303 e. The van der Waals surface area contributed by atoms with Crippen molar-refractivity contribution in [3.05, 3.63) is 61.9 Å². The largest absolute Gasteiger partial charge is 0.515 e. The van der Waals surface area contributed by atoms with E-state index in [1.54, 1.807) is 6.08 Å². The first kappa shape index (κ1) is 32.2. The van der Waals surface area contributed by atoms with Crippen molar-refractivity contribution in [3.63, 3.8) is 0 Å². The minimum absolute atomic E-state index is 0.0416. The highest BCUT2D eigenvalue weighted by Gasteiger charge is 2.53. The van der Waals surface area contributed by atoms with Crippen LogP contribution < -0.4 is 21.3 Å². The third kappa shape index (κ3) is 6.61. The topological polar surface area (TPSA) is 185 Å². The number of thiol groups is 1. The molecule has 0 aliphatic carbocycles. The Bertz CT molecular complexity index is 1730. The molecule has 5 atom stereocenters. The van der Waals surface area contributed by atoms with Crippen LogP contribution in [0.3, 0.4) is 0 Å². The molecule has 12 heteroatoms. The molecule has 0 radical (unpaired) electrons. The molecule has 45 heavy (non-hydrogen) atoms. The number of rotatable bonds is 11. The van der Waals surface area contributed by atoms with E-state index in [1.165, 1.54) is 11.8 Å². The first-order valence-corrected chi connectivity index (χ1v) is 16.5. The second-order valence-corrected chi connectivity index (χ2v) is 13.5. The molecule has 2 amide bonds. The standard InChI is InChI=1S/C33H40N4O7S/c1-5-18-21(13-38)26(36-33(18)44)10-22-15(2)19(6-8-29(39)40)24(34-22)12-25-20(7-9-30(41)42)16(3)23(35-25)11-27-31(28-14-45-28)17(4)32(43)37-27/h10-13,17-18,27-28,31,34-35,38H,5-9,14H2,1-4H3,(H,36,44)(H,37,43)(H,39,40)(H,41,42)/p+1/b21-13+,23-11-,25-12-,26-10-/t17-,18?,27?,28-,31-/m1/s1. The second kappa shape index (κ2) is 13.0. The number of aliphatic hydroxyl groups excluding tert-OH is 1. The summed E-state index contributed by atoms with van der Waals surface area (Å²) in [6.07, 6.45) is 7.52. The predicted octanol–water partition coefficient (Wildman–Crippen LogP) is 1.49. The van der Waals surface area contributed by atoms with Gasteiger partial charge in [0, 0.05) is 58.0 Å². The molecular formula is C33H41N4O7S+. The molecule has 240 valence electrons. The van der Waals surface area contributed by atoms with Crippen LogP contribution in [0.25, 0.3) is 18.2 Å². The van der Waals surface area contributed by atoms with Crippen LogP contribution in [0, 0.1) is 31.6 Å². The summed E-state index contributed by atoms with van der Waals surface area (Å²) in [6.45, 7) is 7.66. The van der Waals surface area contributed by atoms with Crippen LogP contribution in [0.4, 0.5) is 0 Å². The number of hydrogen-bond acceptors (Lipinski definition) is 5. The van der Waals surface area contributed by atoms with E-state index in [0.717, 1.165) is 39.6 Å². The molecule has 11 nitrogen and oxygen atoms in total. The molecule has 2 unspecified atom stereocenters. The van der Waals surface area contributed by atoms with Gasteiger partial charge in [-0.2, -0.15) is 0 Å². The zero-order valence-corrected chi connectivity index (χ0v) is 26.8. The number of aliphatic hydroxyl groups is 1. The summed E-state index contributed by atoms with van der Waals surface area (Å²) in [5, 5.41) is 36.8. The van der Waals surface area contributed by atoms with E-state index < -0.39 is 17.9 Å². The fraction of sp³-hybridized carbons (Fsp3) is 0.455. The molecule has 3 fully saturated rings. The molecule has 3 aliphatic rings. The third-order valence-corrected chi connectivity index (χ3v) is 10.5. The molecule has 3 aliphatic heterocycles. The minimum atomic E-state index is -0.937. The van der Waals surface area contributed by atoms with E-state index in [-0.39, 0.29) is 55.4 Å². The zero-order chi connectivity index (χ0) is 32.6. The molecule has 0 aromatic carbocycles. The number of nitrogens with one attached hydrogen (secondary N) is 4. The van der Waals surface area contributed by atoms with Gasteiger partial charge in [-0.1, -0.05) is 13.8 Å². The van der Waals surface area contributed by atoms with Crippen molar-refractivity contribution < 1.29 is 34.5 Å². The fourth-order valence-corrected chi connectivity index (χ4v) is 7.76. The zero-order valence-electron chi connectivity index (χ0n) is 25.9. The molecule has 2 aromatic heterocycles. The van der Waals surface area contributed by atoms with Crippen molar-refractivity contribution >= 4 is 53.7 Å². The summed E-state index contributed by atoms with van der Waals surface area (Å²) in [6, 6.07) is -0.135. The molecule has 3 saturated heterocycles. The lowest BCUT2D eigenvalue weighted by Gasteiger charge is -2.12. The average Bonchev–Trinajstić information content (AvgIpc) is 3.54. The molecule has 0 saturated carbocycles. The third-order valence-electron chi connectivity index (χ3n) is 9.36. The molecule has 7 N–H and O–H groups in total. The van der Waals surface area contributed by atoms with E-state index in [4.69, 9.17) is 0 Å². The lowest BCUT2D eigenvalue weighted by molar-refractivity contribution is -0.138. The van der Waals surface area contributed by atoms with Crippen LogP contribution in [0.2, 0.25) is 0 Å². The number of carbonyl (C=O) groups excluding carboxylic acids is 2. The van der Waals surface area contributed by atoms with Crippen molar-refractivity contribution in [1.29, 1.82) is 0 Å². The Kier molecular flexibility index (Phi) is 9.33. The minimum Gasteiger partial charge on any atom is -0.515 e. The molecule has 0 bridgehead atoms. The van der Waals surface area contributed by atoms with Crippen molar-refractivity contribution in [2.75, 3.05) is 5.75 Å². The van der Waals surface area contributed by atoms with Gasteiger partial charge in [-0.25, -0.2) is 0 Å². The number of hydrogen-bond donors (Lipinski definition) is 7. The average molecular weight is 638 g/mol. The Balaban J connectivity index is 1.63. The molecule has 2 aromatic rings. The van der Waals surface area contributed by atoms with Gasteiger partial charge in [0.05, 0.1) is 18.2 Å². The molecule has 0 spiro atoms. The number of H-pyrrole nitrogens is 2. The van der Waals surface area contributed by atoms with E-state index >= 15 is 0 Å². The van der Waals surface area contributed by atoms with Gasteiger partial charge in [-0.05, 0) is 85.4 Å². The van der Waals surface area contributed by atoms with Gasteiger partial charge >= 0.3 is 11.9 Å². The summed E-state index contributed by atoms with van der Waals surface area (Å²) in [4.78, 5) is 55.1. The molecule has 5 heterocycles. The number of aromatic amines is 2. The van der Waals surface area contributed by atoms with E-state index in [0.29, 0.717) is 39.7 Å². The number of carboxylic acid groups (broad SMARTS) is 2. The number of amides is 2. The second-order valence-electron chi connectivity index (χ2n) is 12.1. The normalized spacial score (nSPS) is 27.1. The Morgan fingerprint density at radius 2 is 1.60 bits per heavy atom. The monoisotopic (exact) mass is 637 g/mol. The Morgan fingerprint density at radius 3 is 2.20 bits per heavy atom. The summed E-state index contributed by atoms with van der Waals surface area (Å²) in [5.74, 6) is -1.27. The van der Waals surface area contributed by atoms with Crippen molar-refractivity contribution in [2.45, 2.75) is 71.1 Å². The van der Waals surface area contributed by atoms with Crippen LogP contribution in [-0.4, -0.2) is 66.1 Å². The van der Waals surface area contributed by atoms with Gasteiger partial charge in [0.2, 0.25) is 11.8 Å². The quantitative estimate of drug-likeness (QED) is 0.0842. The van der Waals surface area contributed by atoms with Gasteiger partial charge in [0.1, 0.15) is 0 Å². The first-order chi connectivity index (χ1) is 21.4. The van der Waals surface area contributed by atoms with E-state index in [9.17, 15) is 34.5 Å². The van der Waals surface area contributed by atoms with Gasteiger partial charge in [-0.15, -0.1) is 0 Å². The van der Waals surface area contributed by atoms with Crippen LogP contribution in [-0.2, 0) is 43.8 Å². The fourth-order valence-electron chi connectivity index (χ4n) is 6.70. The number of allylic oxidation sites excluding steroid dienone is 1. The number of carboxylic acids is 2. The van der Waals surface area contributed by atoms with E-state index in [1.807, 2.05) is 39.8 Å². The molecular weight excluding hydrogens is 596 g/mol. The first-order valence-electron chi connectivity index (χ1n) is 15.3.